The molecular formula is C13H11F3O4. The predicted octanol–water partition coefficient (Wildman–Crippen LogP) is 2.60. The average Bonchev–Trinajstić information content (AvgIpc) is 2.65. The summed E-state index contributed by atoms with van der Waals surface area (Å²) in [7, 11) is 0. The first-order valence-electron chi connectivity index (χ1n) is 5.90. The van der Waals surface area contributed by atoms with E-state index >= 15 is 0 Å². The summed E-state index contributed by atoms with van der Waals surface area (Å²) in [6.07, 6.45) is -5.95. The number of alkyl halides is 3. The molecule has 0 saturated carbocycles. The van der Waals surface area contributed by atoms with E-state index in [4.69, 9.17) is 4.74 Å². The van der Waals surface area contributed by atoms with Gasteiger partial charge in [0.2, 0.25) is 5.78 Å². The molecule has 0 aromatic heterocycles. The highest BCUT2D eigenvalue weighted by Gasteiger charge is 2.38. The van der Waals surface area contributed by atoms with Crippen LogP contribution in [-0.2, 0) is 15.7 Å². The van der Waals surface area contributed by atoms with E-state index in [1.807, 2.05) is 0 Å². The Hall–Kier alpha value is -2.05. The van der Waals surface area contributed by atoms with Gasteiger partial charge >= 0.3 is 12.1 Å². The molecule has 1 aliphatic heterocycles. The fourth-order valence-corrected chi connectivity index (χ4v) is 1.89. The molecule has 0 amide bonds. The molecule has 0 radical (unpaired) electrons. The predicted molar refractivity (Wildman–Crippen MR) is 61.4 cm³/mol. The van der Waals surface area contributed by atoms with Gasteiger partial charge in [-0.1, -0.05) is 0 Å². The normalized spacial score (nSPS) is 17.6. The number of fused-ring (bicyclic) bond motifs is 1. The van der Waals surface area contributed by atoms with E-state index in [1.54, 1.807) is 6.92 Å². The molecule has 0 spiro atoms. The zero-order valence-corrected chi connectivity index (χ0v) is 10.5. The second kappa shape index (κ2) is 5.15. The van der Waals surface area contributed by atoms with Gasteiger partial charge in [0.25, 0.3) is 0 Å². The zero-order valence-electron chi connectivity index (χ0n) is 10.5. The van der Waals surface area contributed by atoms with Crippen molar-refractivity contribution in [3.63, 3.8) is 0 Å². The number of esters is 1. The van der Waals surface area contributed by atoms with Crippen molar-refractivity contribution >= 4 is 11.8 Å². The highest BCUT2D eigenvalue weighted by molar-refractivity contribution is 6.06. The molecule has 0 unspecified atom stereocenters. The van der Waals surface area contributed by atoms with Gasteiger partial charge in [-0.05, 0) is 25.1 Å². The van der Waals surface area contributed by atoms with E-state index in [9.17, 15) is 22.8 Å². The van der Waals surface area contributed by atoms with Crippen molar-refractivity contribution < 1.29 is 32.2 Å². The number of ketones is 1. The molecule has 0 saturated heterocycles. The number of rotatable bonds is 3. The Labute approximate surface area is 112 Å². The lowest BCUT2D eigenvalue weighted by Crippen LogP contribution is -2.25. The van der Waals surface area contributed by atoms with Gasteiger partial charge < -0.3 is 9.47 Å². The molecular weight excluding hydrogens is 277 g/mol. The maximum Gasteiger partial charge on any atom is 0.416 e. The average molecular weight is 288 g/mol. The molecule has 0 aliphatic carbocycles. The van der Waals surface area contributed by atoms with Gasteiger partial charge in [-0.25, -0.2) is 0 Å². The van der Waals surface area contributed by atoms with Crippen LogP contribution in [0.5, 0.6) is 5.75 Å². The maximum absolute atomic E-state index is 12.5. The lowest BCUT2D eigenvalue weighted by Gasteiger charge is -2.09. The lowest BCUT2D eigenvalue weighted by atomic mass is 10.0. The topological polar surface area (TPSA) is 52.6 Å². The van der Waals surface area contributed by atoms with Crippen LogP contribution in [0, 0.1) is 0 Å². The first kappa shape index (κ1) is 14.4. The monoisotopic (exact) mass is 288 g/mol. The summed E-state index contributed by atoms with van der Waals surface area (Å²) >= 11 is 0. The quantitative estimate of drug-likeness (QED) is 0.802. The molecule has 1 aromatic rings. The van der Waals surface area contributed by atoms with Crippen LogP contribution in [0.4, 0.5) is 13.2 Å². The Morgan fingerprint density at radius 1 is 1.40 bits per heavy atom. The number of halogens is 3. The summed E-state index contributed by atoms with van der Waals surface area (Å²) in [6, 6.07) is 2.64. The fraction of sp³-hybridized carbons (Fsp3) is 0.385. The van der Waals surface area contributed by atoms with Gasteiger partial charge in [-0.2, -0.15) is 13.2 Å². The molecule has 1 atom stereocenters. The Bertz CT molecular complexity index is 551. The largest absolute Gasteiger partial charge is 0.481 e. The van der Waals surface area contributed by atoms with Crippen LogP contribution in [0.15, 0.2) is 18.2 Å². The van der Waals surface area contributed by atoms with Gasteiger partial charge in [0.15, 0.2) is 6.10 Å². The molecule has 4 nitrogen and oxygen atoms in total. The molecule has 7 heteroatoms. The van der Waals surface area contributed by atoms with E-state index in [2.05, 4.69) is 4.74 Å². The van der Waals surface area contributed by atoms with E-state index in [0.29, 0.717) is 0 Å². The summed E-state index contributed by atoms with van der Waals surface area (Å²) in [5.41, 5.74) is -0.854. The van der Waals surface area contributed by atoms with Gasteiger partial charge in [-0.3, -0.25) is 9.59 Å². The fourth-order valence-electron chi connectivity index (χ4n) is 1.89. The van der Waals surface area contributed by atoms with Crippen LogP contribution >= 0.6 is 0 Å². The van der Waals surface area contributed by atoms with Crippen molar-refractivity contribution in [1.82, 2.24) is 0 Å². The minimum atomic E-state index is -4.51. The summed E-state index contributed by atoms with van der Waals surface area (Å²) in [6.45, 7) is 1.77. The van der Waals surface area contributed by atoms with Crippen LogP contribution in [0.1, 0.15) is 29.3 Å². The second-order valence-electron chi connectivity index (χ2n) is 4.19. The third-order valence-electron chi connectivity index (χ3n) is 2.79. The third kappa shape index (κ3) is 2.76. The summed E-state index contributed by atoms with van der Waals surface area (Å²) in [5.74, 6) is -1.30. The number of hydrogen-bond donors (Lipinski definition) is 0. The standard InChI is InChI=1S/C13H11F3O4/c1-2-19-11(17)6-10-12(18)8-4-3-7(13(14,15)16)5-9(8)20-10/h3-5,10H,2,6H2,1H3/t10-/m0/s1. The van der Waals surface area contributed by atoms with Gasteiger partial charge in [0.05, 0.1) is 24.2 Å². The van der Waals surface area contributed by atoms with E-state index in [0.717, 1.165) is 18.2 Å². The smallest absolute Gasteiger partial charge is 0.416 e. The van der Waals surface area contributed by atoms with Crippen molar-refractivity contribution in [2.75, 3.05) is 6.61 Å². The SMILES string of the molecule is CCOC(=O)C[C@@H]1Oc2cc(C(F)(F)F)ccc2C1=O. The number of Topliss-reactive ketones (excluding diaryl/α,β-unsaturated/α-hetero) is 1. The number of carbonyl (C=O) groups is 2. The van der Waals surface area contributed by atoms with Crippen molar-refractivity contribution in [3.8, 4) is 5.75 Å². The molecule has 0 N–H and O–H groups in total. The Morgan fingerprint density at radius 3 is 2.70 bits per heavy atom. The Kier molecular flexibility index (Phi) is 3.69. The summed E-state index contributed by atoms with van der Waals surface area (Å²) in [4.78, 5) is 23.2. The summed E-state index contributed by atoms with van der Waals surface area (Å²) < 4.78 is 47.4. The van der Waals surface area contributed by atoms with Gasteiger partial charge in [0, 0.05) is 0 Å². The van der Waals surface area contributed by atoms with E-state index < -0.39 is 29.6 Å². The molecule has 0 fully saturated rings. The number of ether oxygens (including phenoxy) is 2. The van der Waals surface area contributed by atoms with E-state index in [-0.39, 0.29) is 24.3 Å². The van der Waals surface area contributed by atoms with Crippen molar-refractivity contribution in [3.05, 3.63) is 29.3 Å². The number of carbonyl (C=O) groups excluding carboxylic acids is 2. The van der Waals surface area contributed by atoms with Gasteiger partial charge in [-0.15, -0.1) is 0 Å². The van der Waals surface area contributed by atoms with Crippen LogP contribution in [0.3, 0.4) is 0 Å². The molecule has 1 aromatic carbocycles. The highest BCUT2D eigenvalue weighted by Crippen LogP contribution is 2.37. The van der Waals surface area contributed by atoms with Crippen LogP contribution in [0.2, 0.25) is 0 Å². The Balaban J connectivity index is 2.18. The number of hydrogen-bond acceptors (Lipinski definition) is 4. The lowest BCUT2D eigenvalue weighted by molar-refractivity contribution is -0.144. The Morgan fingerprint density at radius 2 is 2.10 bits per heavy atom. The van der Waals surface area contributed by atoms with Crippen LogP contribution in [-0.4, -0.2) is 24.5 Å². The van der Waals surface area contributed by atoms with Crippen molar-refractivity contribution in [1.29, 1.82) is 0 Å². The van der Waals surface area contributed by atoms with Crippen molar-refractivity contribution in [2.45, 2.75) is 25.6 Å². The number of benzene rings is 1. The molecule has 2 rings (SSSR count). The highest BCUT2D eigenvalue weighted by atomic mass is 19.4. The first-order valence-corrected chi connectivity index (χ1v) is 5.90. The molecule has 20 heavy (non-hydrogen) atoms. The van der Waals surface area contributed by atoms with Crippen molar-refractivity contribution in [2.24, 2.45) is 0 Å². The van der Waals surface area contributed by atoms with Crippen LogP contribution < -0.4 is 4.74 Å². The molecule has 1 heterocycles. The molecule has 0 bridgehead atoms. The zero-order chi connectivity index (χ0) is 14.9. The van der Waals surface area contributed by atoms with Gasteiger partial charge in [0.1, 0.15) is 5.75 Å². The minimum absolute atomic E-state index is 0.0484. The van der Waals surface area contributed by atoms with E-state index in [1.165, 1.54) is 0 Å². The third-order valence-corrected chi connectivity index (χ3v) is 2.79. The second-order valence-corrected chi connectivity index (χ2v) is 4.19. The van der Waals surface area contributed by atoms with Crippen LogP contribution in [0.25, 0.3) is 0 Å². The summed E-state index contributed by atoms with van der Waals surface area (Å²) in [5, 5.41) is 0. The first-order chi connectivity index (χ1) is 9.32. The molecule has 1 aliphatic rings. The molecule has 108 valence electrons. The maximum atomic E-state index is 12.5. The minimum Gasteiger partial charge on any atom is -0.481 e.